The van der Waals surface area contributed by atoms with Crippen LogP contribution in [0.1, 0.15) is 24.5 Å². The maximum atomic E-state index is 14.1. The first-order valence-corrected chi connectivity index (χ1v) is 8.83. The van der Waals surface area contributed by atoms with E-state index >= 15 is 0 Å². The summed E-state index contributed by atoms with van der Waals surface area (Å²) < 4.78 is 14.1. The zero-order valence-electron chi connectivity index (χ0n) is 15.4. The zero-order valence-corrected chi connectivity index (χ0v) is 15.4. The van der Waals surface area contributed by atoms with Crippen LogP contribution >= 0.6 is 0 Å². The lowest BCUT2D eigenvalue weighted by Crippen LogP contribution is -2.29. The van der Waals surface area contributed by atoms with Gasteiger partial charge in [-0.15, -0.1) is 0 Å². The van der Waals surface area contributed by atoms with E-state index in [4.69, 9.17) is 0 Å². The number of benzene rings is 2. The molecule has 6 heteroatoms. The van der Waals surface area contributed by atoms with Gasteiger partial charge in [0.15, 0.2) is 0 Å². The molecule has 0 aliphatic heterocycles. The maximum absolute atomic E-state index is 14.1. The Hall–Kier alpha value is -3.15. The van der Waals surface area contributed by atoms with Gasteiger partial charge in [0.25, 0.3) is 0 Å². The third-order valence-corrected chi connectivity index (χ3v) is 4.48. The van der Waals surface area contributed by atoms with E-state index in [0.29, 0.717) is 18.7 Å². The van der Waals surface area contributed by atoms with Crippen molar-refractivity contribution >= 4 is 22.7 Å². The molecule has 3 N–H and O–H groups in total. The minimum absolute atomic E-state index is 0.123. The highest BCUT2D eigenvalue weighted by molar-refractivity contribution is 5.91. The maximum Gasteiger partial charge on any atom is 0.222 e. The predicted molar refractivity (Wildman–Crippen MR) is 104 cm³/mol. The van der Waals surface area contributed by atoms with Crippen molar-refractivity contribution in [1.82, 2.24) is 15.6 Å². The molecule has 0 unspecified atom stereocenters. The number of hydrogen-bond donors (Lipinski definition) is 3. The third-order valence-electron chi connectivity index (χ3n) is 4.48. The number of fused-ring (bicyclic) bond motifs is 1. The van der Waals surface area contributed by atoms with Gasteiger partial charge in [0.2, 0.25) is 11.8 Å². The number of aromatic amines is 1. The van der Waals surface area contributed by atoms with Crippen LogP contribution in [0.25, 0.3) is 22.2 Å². The summed E-state index contributed by atoms with van der Waals surface area (Å²) in [6.07, 6.45) is 0.239. The van der Waals surface area contributed by atoms with E-state index < -0.39 is 0 Å². The molecule has 0 spiro atoms. The molecule has 0 saturated heterocycles. The largest absolute Gasteiger partial charge is 0.356 e. The van der Waals surface area contributed by atoms with Crippen molar-refractivity contribution in [3.05, 3.63) is 59.4 Å². The molecular formula is C21H22FN3O2. The van der Waals surface area contributed by atoms with E-state index in [1.54, 1.807) is 12.1 Å². The van der Waals surface area contributed by atoms with Crippen molar-refractivity contribution < 1.29 is 14.0 Å². The molecule has 1 aromatic heterocycles. The van der Waals surface area contributed by atoms with Crippen LogP contribution in [0.5, 0.6) is 0 Å². The fourth-order valence-electron chi connectivity index (χ4n) is 3.06. The molecule has 27 heavy (non-hydrogen) atoms. The van der Waals surface area contributed by atoms with Crippen molar-refractivity contribution in [3.63, 3.8) is 0 Å². The lowest BCUT2D eigenvalue weighted by molar-refractivity contribution is -0.121. The number of aromatic nitrogens is 1. The molecule has 2 amide bonds. The summed E-state index contributed by atoms with van der Waals surface area (Å²) in [4.78, 5) is 25.9. The molecule has 1 heterocycles. The summed E-state index contributed by atoms with van der Waals surface area (Å²) in [5.74, 6) is -0.540. The lowest BCUT2D eigenvalue weighted by atomic mass is 10.0. The molecule has 0 aliphatic rings. The molecular weight excluding hydrogens is 345 g/mol. The molecule has 0 atom stereocenters. The second-order valence-corrected chi connectivity index (χ2v) is 6.49. The van der Waals surface area contributed by atoms with Crippen molar-refractivity contribution in [1.29, 1.82) is 0 Å². The van der Waals surface area contributed by atoms with E-state index in [1.807, 2.05) is 31.2 Å². The average molecular weight is 367 g/mol. The standard InChI is InChI=1S/C21H22FN3O2/c1-13-17-11-15(12-24-20(27)9-10-23-14(2)26)7-8-19(17)25-21(13)16-5-3-4-6-18(16)22/h3-8,11,25H,9-10,12H2,1-2H3,(H,23,26)(H,24,27). The van der Waals surface area contributed by atoms with Gasteiger partial charge in [0, 0.05) is 42.9 Å². The number of nitrogens with one attached hydrogen (secondary N) is 3. The van der Waals surface area contributed by atoms with Gasteiger partial charge >= 0.3 is 0 Å². The number of aryl methyl sites for hydroxylation is 1. The van der Waals surface area contributed by atoms with Gasteiger partial charge in [0.05, 0.1) is 5.69 Å². The van der Waals surface area contributed by atoms with Gasteiger partial charge in [-0.2, -0.15) is 0 Å². The topological polar surface area (TPSA) is 74.0 Å². The number of amides is 2. The van der Waals surface area contributed by atoms with Gasteiger partial charge in [-0.25, -0.2) is 4.39 Å². The fraction of sp³-hybridized carbons (Fsp3) is 0.238. The predicted octanol–water partition coefficient (Wildman–Crippen LogP) is 3.42. The van der Waals surface area contributed by atoms with E-state index in [9.17, 15) is 14.0 Å². The Bertz CT molecular complexity index is 994. The van der Waals surface area contributed by atoms with Crippen LogP contribution in [0.2, 0.25) is 0 Å². The smallest absolute Gasteiger partial charge is 0.222 e. The first kappa shape index (κ1) is 18.6. The van der Waals surface area contributed by atoms with Crippen LogP contribution in [0, 0.1) is 12.7 Å². The monoisotopic (exact) mass is 367 g/mol. The molecule has 0 fully saturated rings. The molecule has 0 bridgehead atoms. The number of H-pyrrole nitrogens is 1. The van der Waals surface area contributed by atoms with E-state index in [1.165, 1.54) is 13.0 Å². The van der Waals surface area contributed by atoms with Crippen molar-refractivity contribution in [2.75, 3.05) is 6.54 Å². The summed E-state index contributed by atoms with van der Waals surface area (Å²) in [5, 5.41) is 6.44. The van der Waals surface area contributed by atoms with Crippen LogP contribution in [-0.4, -0.2) is 23.3 Å². The third kappa shape index (κ3) is 4.34. The van der Waals surface area contributed by atoms with Gasteiger partial charge in [-0.1, -0.05) is 18.2 Å². The van der Waals surface area contributed by atoms with Crippen molar-refractivity contribution in [2.24, 2.45) is 0 Å². The average Bonchev–Trinajstić information content (AvgIpc) is 2.96. The summed E-state index contributed by atoms with van der Waals surface area (Å²) in [5.41, 5.74) is 4.15. The normalized spacial score (nSPS) is 10.8. The van der Waals surface area contributed by atoms with E-state index in [0.717, 1.165) is 27.7 Å². The van der Waals surface area contributed by atoms with Crippen molar-refractivity contribution in [2.45, 2.75) is 26.8 Å². The first-order chi connectivity index (χ1) is 13.0. The number of halogens is 1. The highest BCUT2D eigenvalue weighted by atomic mass is 19.1. The van der Waals surface area contributed by atoms with E-state index in [-0.39, 0.29) is 24.1 Å². The Morgan fingerprint density at radius 2 is 1.89 bits per heavy atom. The molecule has 3 rings (SSSR count). The van der Waals surface area contributed by atoms with Crippen LogP contribution in [0.3, 0.4) is 0 Å². The minimum atomic E-state index is -0.265. The number of carbonyl (C=O) groups is 2. The van der Waals surface area contributed by atoms with Gasteiger partial charge in [0.1, 0.15) is 5.82 Å². The Balaban J connectivity index is 1.74. The highest BCUT2D eigenvalue weighted by Gasteiger charge is 2.13. The fourth-order valence-corrected chi connectivity index (χ4v) is 3.06. The van der Waals surface area contributed by atoms with E-state index in [2.05, 4.69) is 15.6 Å². The summed E-state index contributed by atoms with van der Waals surface area (Å²) in [6, 6.07) is 12.5. The minimum Gasteiger partial charge on any atom is -0.356 e. The SMILES string of the molecule is CC(=O)NCCC(=O)NCc1ccc2[nH]c(-c3ccccc3F)c(C)c2c1. The van der Waals surface area contributed by atoms with Gasteiger partial charge < -0.3 is 15.6 Å². The summed E-state index contributed by atoms with van der Waals surface area (Å²) in [6.45, 7) is 4.09. The van der Waals surface area contributed by atoms with Crippen LogP contribution in [0.4, 0.5) is 4.39 Å². The molecule has 0 radical (unpaired) electrons. The Morgan fingerprint density at radius 1 is 1.11 bits per heavy atom. The molecule has 140 valence electrons. The second kappa shape index (κ2) is 8.03. The molecule has 0 saturated carbocycles. The zero-order chi connectivity index (χ0) is 19.4. The van der Waals surface area contributed by atoms with Gasteiger partial charge in [-0.3, -0.25) is 9.59 Å². The second-order valence-electron chi connectivity index (χ2n) is 6.49. The van der Waals surface area contributed by atoms with Gasteiger partial charge in [-0.05, 0) is 42.3 Å². The Kier molecular flexibility index (Phi) is 5.54. The number of carbonyl (C=O) groups excluding carboxylic acids is 2. The van der Waals surface area contributed by atoms with Crippen LogP contribution in [0.15, 0.2) is 42.5 Å². The molecule has 2 aromatic carbocycles. The Labute approximate surface area is 157 Å². The lowest BCUT2D eigenvalue weighted by Gasteiger charge is -2.06. The van der Waals surface area contributed by atoms with Crippen LogP contribution < -0.4 is 10.6 Å². The number of rotatable bonds is 6. The highest BCUT2D eigenvalue weighted by Crippen LogP contribution is 2.31. The van der Waals surface area contributed by atoms with Crippen LogP contribution in [-0.2, 0) is 16.1 Å². The quantitative estimate of drug-likeness (QED) is 0.624. The molecule has 3 aromatic rings. The number of hydrogen-bond acceptors (Lipinski definition) is 2. The molecule has 5 nitrogen and oxygen atoms in total. The summed E-state index contributed by atoms with van der Waals surface area (Å²) >= 11 is 0. The van der Waals surface area contributed by atoms with Crippen molar-refractivity contribution in [3.8, 4) is 11.3 Å². The Morgan fingerprint density at radius 3 is 2.63 bits per heavy atom. The summed E-state index contributed by atoms with van der Waals surface area (Å²) in [7, 11) is 0. The first-order valence-electron chi connectivity index (χ1n) is 8.83. The molecule has 0 aliphatic carbocycles.